The summed E-state index contributed by atoms with van der Waals surface area (Å²) in [6, 6.07) is 12.2. The number of carbonyl (C=O) groups excluding carboxylic acids is 2. The third-order valence-electron chi connectivity index (χ3n) is 3.12. The van der Waals surface area contributed by atoms with E-state index in [1.54, 1.807) is 31.2 Å². The van der Waals surface area contributed by atoms with Gasteiger partial charge in [-0.15, -0.1) is 0 Å². The smallest absolute Gasteiger partial charge is 0.387 e. The van der Waals surface area contributed by atoms with Crippen molar-refractivity contribution in [2.45, 2.75) is 13.5 Å². The number of anilines is 1. The van der Waals surface area contributed by atoms with E-state index in [9.17, 15) is 18.4 Å². The van der Waals surface area contributed by atoms with Crippen molar-refractivity contribution in [1.29, 1.82) is 0 Å². The van der Waals surface area contributed by atoms with E-state index in [-0.39, 0.29) is 11.3 Å². The van der Waals surface area contributed by atoms with Crippen LogP contribution in [0.2, 0.25) is 0 Å². The van der Waals surface area contributed by atoms with Crippen LogP contribution in [0.25, 0.3) is 0 Å². The Hall–Kier alpha value is -3.16. The molecule has 0 saturated heterocycles. The van der Waals surface area contributed by atoms with E-state index in [0.29, 0.717) is 18.0 Å². The minimum absolute atomic E-state index is 0.199. The third kappa shape index (κ3) is 5.44. The number of alkyl halides is 2. The molecule has 8 heteroatoms. The molecule has 2 rings (SSSR count). The molecule has 2 aromatic carbocycles. The van der Waals surface area contributed by atoms with Gasteiger partial charge in [0.05, 0.1) is 12.3 Å². The number of amides is 1. The zero-order chi connectivity index (χ0) is 18.9. The molecule has 138 valence electrons. The van der Waals surface area contributed by atoms with Gasteiger partial charge in [0.25, 0.3) is 5.91 Å². The van der Waals surface area contributed by atoms with Crippen LogP contribution in [0.3, 0.4) is 0 Å². The van der Waals surface area contributed by atoms with E-state index in [1.165, 1.54) is 24.3 Å². The minimum atomic E-state index is -3.08. The van der Waals surface area contributed by atoms with Crippen molar-refractivity contribution in [2.75, 3.05) is 18.5 Å². The predicted molar refractivity (Wildman–Crippen MR) is 89.6 cm³/mol. The Kier molecular flexibility index (Phi) is 6.90. The fraction of sp³-hybridized carbons (Fsp3) is 0.222. The molecule has 0 spiro atoms. The summed E-state index contributed by atoms with van der Waals surface area (Å²) in [6.07, 6.45) is 0. The number of nitrogens with one attached hydrogen (secondary N) is 1. The van der Waals surface area contributed by atoms with Crippen molar-refractivity contribution in [3.63, 3.8) is 0 Å². The molecule has 0 heterocycles. The molecule has 0 unspecified atom stereocenters. The quantitative estimate of drug-likeness (QED) is 0.725. The van der Waals surface area contributed by atoms with Crippen LogP contribution in [0.5, 0.6) is 11.5 Å². The summed E-state index contributed by atoms with van der Waals surface area (Å²) in [5, 5.41) is 2.56. The highest BCUT2D eigenvalue weighted by Crippen LogP contribution is 2.24. The van der Waals surface area contributed by atoms with Crippen molar-refractivity contribution >= 4 is 17.6 Å². The number of hydrogen-bond donors (Lipinski definition) is 1. The summed E-state index contributed by atoms with van der Waals surface area (Å²) < 4.78 is 39.2. The molecule has 0 aliphatic heterocycles. The van der Waals surface area contributed by atoms with E-state index in [4.69, 9.17) is 9.47 Å². The molecule has 6 nitrogen and oxygen atoms in total. The molecule has 0 aromatic heterocycles. The predicted octanol–water partition coefficient (Wildman–Crippen LogP) is 3.48. The Morgan fingerprint density at radius 1 is 1.04 bits per heavy atom. The van der Waals surface area contributed by atoms with Gasteiger partial charge in [-0.2, -0.15) is 8.78 Å². The second-order valence-electron chi connectivity index (χ2n) is 4.93. The molecule has 0 aliphatic rings. The monoisotopic (exact) mass is 365 g/mol. The zero-order valence-corrected chi connectivity index (χ0v) is 13.9. The first kappa shape index (κ1) is 19.2. The van der Waals surface area contributed by atoms with Crippen LogP contribution in [0, 0.1) is 0 Å². The molecule has 1 N–H and O–H groups in total. The Balaban J connectivity index is 1.97. The maximum atomic E-state index is 12.4. The molecular weight excluding hydrogens is 348 g/mol. The van der Waals surface area contributed by atoms with Crippen molar-refractivity contribution in [3.8, 4) is 11.5 Å². The molecule has 0 bridgehead atoms. The Bertz CT molecular complexity index is 767. The van der Waals surface area contributed by atoms with Gasteiger partial charge in [-0.1, -0.05) is 24.3 Å². The molecule has 0 fully saturated rings. The average molecular weight is 365 g/mol. The largest absolute Gasteiger partial charge is 0.492 e. The van der Waals surface area contributed by atoms with Crippen LogP contribution in [-0.4, -0.2) is 31.7 Å². The molecule has 1 amide bonds. The molecule has 0 atom stereocenters. The molecule has 0 saturated carbocycles. The van der Waals surface area contributed by atoms with Gasteiger partial charge >= 0.3 is 12.6 Å². The van der Waals surface area contributed by atoms with Crippen LogP contribution < -0.4 is 14.8 Å². The molecular formula is C18H17F2NO5. The molecule has 26 heavy (non-hydrogen) atoms. The van der Waals surface area contributed by atoms with Gasteiger partial charge < -0.3 is 19.5 Å². The first-order valence-electron chi connectivity index (χ1n) is 7.74. The van der Waals surface area contributed by atoms with E-state index < -0.39 is 25.1 Å². The Morgan fingerprint density at radius 2 is 1.69 bits per heavy atom. The summed E-state index contributed by atoms with van der Waals surface area (Å²) in [4.78, 5) is 24.0. The number of hydrogen-bond acceptors (Lipinski definition) is 5. The van der Waals surface area contributed by atoms with Crippen LogP contribution in [-0.2, 0) is 9.53 Å². The van der Waals surface area contributed by atoms with Gasteiger partial charge in [0.15, 0.2) is 6.61 Å². The van der Waals surface area contributed by atoms with Gasteiger partial charge in [0.1, 0.15) is 17.1 Å². The first-order chi connectivity index (χ1) is 12.5. The van der Waals surface area contributed by atoms with Gasteiger partial charge in [-0.25, -0.2) is 4.79 Å². The van der Waals surface area contributed by atoms with Crippen LogP contribution >= 0.6 is 0 Å². The minimum Gasteiger partial charge on any atom is -0.492 e. The molecule has 0 radical (unpaired) electrons. The number of halogens is 2. The van der Waals surface area contributed by atoms with Crippen molar-refractivity contribution in [2.24, 2.45) is 0 Å². The lowest BCUT2D eigenvalue weighted by Gasteiger charge is -2.12. The number of rotatable bonds is 8. The number of carbonyl (C=O) groups is 2. The van der Waals surface area contributed by atoms with Gasteiger partial charge in [0.2, 0.25) is 0 Å². The number of benzene rings is 2. The normalized spacial score (nSPS) is 10.3. The summed E-state index contributed by atoms with van der Waals surface area (Å²) >= 11 is 0. The Morgan fingerprint density at radius 3 is 2.38 bits per heavy atom. The van der Waals surface area contributed by atoms with E-state index in [2.05, 4.69) is 10.1 Å². The van der Waals surface area contributed by atoms with Crippen LogP contribution in [0.4, 0.5) is 14.5 Å². The number of ether oxygens (including phenoxy) is 3. The van der Waals surface area contributed by atoms with Crippen molar-refractivity contribution in [1.82, 2.24) is 0 Å². The topological polar surface area (TPSA) is 73.9 Å². The summed E-state index contributed by atoms with van der Waals surface area (Å²) in [6.45, 7) is -1.45. The van der Waals surface area contributed by atoms with Crippen molar-refractivity contribution in [3.05, 3.63) is 54.1 Å². The van der Waals surface area contributed by atoms with Gasteiger partial charge in [-0.05, 0) is 31.2 Å². The van der Waals surface area contributed by atoms with Gasteiger partial charge in [-0.3, -0.25) is 4.79 Å². The lowest BCUT2D eigenvalue weighted by molar-refractivity contribution is -0.119. The van der Waals surface area contributed by atoms with E-state index in [0.717, 1.165) is 0 Å². The number of esters is 1. The molecule has 0 aliphatic carbocycles. The number of para-hydroxylation sites is 3. The summed E-state index contributed by atoms with van der Waals surface area (Å²) in [5.74, 6) is -1.40. The highest BCUT2D eigenvalue weighted by molar-refractivity contribution is 5.97. The van der Waals surface area contributed by atoms with Crippen molar-refractivity contribution < 1.29 is 32.6 Å². The second kappa shape index (κ2) is 9.36. The second-order valence-corrected chi connectivity index (χ2v) is 4.93. The lowest BCUT2D eigenvalue weighted by Crippen LogP contribution is -2.21. The van der Waals surface area contributed by atoms with Gasteiger partial charge in [0, 0.05) is 0 Å². The maximum absolute atomic E-state index is 12.4. The summed E-state index contributed by atoms with van der Waals surface area (Å²) in [5.41, 5.74) is 0.229. The Labute approximate surface area is 148 Å². The third-order valence-corrected chi connectivity index (χ3v) is 3.12. The van der Waals surface area contributed by atoms with Crippen LogP contribution in [0.1, 0.15) is 17.3 Å². The highest BCUT2D eigenvalue weighted by Gasteiger charge is 2.18. The summed E-state index contributed by atoms with van der Waals surface area (Å²) in [7, 11) is 0. The highest BCUT2D eigenvalue weighted by atomic mass is 19.3. The average Bonchev–Trinajstić information content (AvgIpc) is 2.61. The zero-order valence-electron chi connectivity index (χ0n) is 13.9. The first-order valence-corrected chi connectivity index (χ1v) is 7.74. The maximum Gasteiger partial charge on any atom is 0.387 e. The SMILES string of the molecule is CCOc1ccccc1NC(=O)COC(=O)c1ccccc1OC(F)F. The van der Waals surface area contributed by atoms with E-state index in [1.807, 2.05) is 0 Å². The van der Waals surface area contributed by atoms with E-state index >= 15 is 0 Å². The fourth-order valence-corrected chi connectivity index (χ4v) is 2.08. The lowest BCUT2D eigenvalue weighted by atomic mass is 10.2. The van der Waals surface area contributed by atoms with Crippen LogP contribution in [0.15, 0.2) is 48.5 Å². The fourth-order valence-electron chi connectivity index (χ4n) is 2.08. The molecule has 2 aromatic rings. The standard InChI is InChI=1S/C18H17F2NO5/c1-2-24-15-10-6-4-8-13(15)21-16(22)11-25-17(23)12-7-3-5-9-14(12)26-18(19)20/h3-10,18H,2,11H2,1H3,(H,21,22).